The summed E-state index contributed by atoms with van der Waals surface area (Å²) in [6, 6.07) is 7.13. The highest BCUT2D eigenvalue weighted by Crippen LogP contribution is 2.27. The van der Waals surface area contributed by atoms with Crippen LogP contribution in [0, 0.1) is 0 Å². The van der Waals surface area contributed by atoms with Crippen LogP contribution >= 0.6 is 11.6 Å². The van der Waals surface area contributed by atoms with Crippen LogP contribution in [0.1, 0.15) is 39.2 Å². The number of carboxylic acids is 1. The molecule has 0 aliphatic carbocycles. The van der Waals surface area contributed by atoms with E-state index in [0.29, 0.717) is 11.4 Å². The second-order valence-corrected chi connectivity index (χ2v) is 4.96. The highest BCUT2D eigenvalue weighted by Gasteiger charge is 2.39. The Bertz CT molecular complexity index is 405. The molecule has 1 aromatic carbocycles. The molecule has 0 fully saturated rings. The fourth-order valence-electron chi connectivity index (χ4n) is 1.98. The molecule has 1 rings (SSSR count). The van der Waals surface area contributed by atoms with Crippen molar-refractivity contribution in [2.24, 2.45) is 0 Å². The van der Waals surface area contributed by atoms with Crippen molar-refractivity contribution in [3.63, 3.8) is 0 Å². The van der Waals surface area contributed by atoms with Crippen LogP contribution < -0.4 is 5.32 Å². The summed E-state index contributed by atoms with van der Waals surface area (Å²) in [5.41, 5.74) is -0.304. The number of carbonyl (C=O) groups is 1. The molecule has 0 amide bonds. The number of nitrogens with one attached hydrogen (secondary N) is 1. The molecule has 2 unspecified atom stereocenters. The second-order valence-electron chi connectivity index (χ2n) is 4.52. The van der Waals surface area contributed by atoms with Gasteiger partial charge >= 0.3 is 5.97 Å². The van der Waals surface area contributed by atoms with Gasteiger partial charge in [0.05, 0.1) is 0 Å². The van der Waals surface area contributed by atoms with E-state index in [0.717, 1.165) is 12.0 Å². The maximum atomic E-state index is 11.7. The normalized spacial score (nSPS) is 16.0. The van der Waals surface area contributed by atoms with Crippen LogP contribution in [0.5, 0.6) is 0 Å². The molecule has 3 nitrogen and oxygen atoms in total. The van der Waals surface area contributed by atoms with E-state index in [1.807, 2.05) is 20.8 Å². The first-order valence-corrected chi connectivity index (χ1v) is 6.61. The standard InChI is InChI=1S/C14H20ClNO2/c1-4-10(3)16-14(5-2,13(17)18)11-6-8-12(15)9-7-11/h6-10,16H,4-5H2,1-3H3,(H,17,18). The molecule has 0 radical (unpaired) electrons. The lowest BCUT2D eigenvalue weighted by Gasteiger charge is -2.33. The summed E-state index contributed by atoms with van der Waals surface area (Å²) in [6.07, 6.45) is 1.36. The number of rotatable bonds is 6. The Kier molecular flexibility index (Phi) is 5.17. The molecule has 0 aromatic heterocycles. The van der Waals surface area contributed by atoms with Crippen molar-refractivity contribution in [1.82, 2.24) is 5.32 Å². The van der Waals surface area contributed by atoms with Gasteiger partial charge in [0, 0.05) is 11.1 Å². The van der Waals surface area contributed by atoms with Crippen molar-refractivity contribution in [3.8, 4) is 0 Å². The molecular formula is C14H20ClNO2. The van der Waals surface area contributed by atoms with Gasteiger partial charge in [-0.05, 0) is 37.5 Å². The van der Waals surface area contributed by atoms with Gasteiger partial charge in [0.25, 0.3) is 0 Å². The maximum absolute atomic E-state index is 11.7. The molecule has 0 bridgehead atoms. The smallest absolute Gasteiger partial charge is 0.328 e. The van der Waals surface area contributed by atoms with E-state index >= 15 is 0 Å². The zero-order valence-corrected chi connectivity index (χ0v) is 11.8. The van der Waals surface area contributed by atoms with E-state index in [1.54, 1.807) is 24.3 Å². The SMILES string of the molecule is CCC(C)NC(CC)(C(=O)O)c1ccc(Cl)cc1. The summed E-state index contributed by atoms with van der Waals surface area (Å²) in [5.74, 6) is -0.854. The first kappa shape index (κ1) is 15.0. The van der Waals surface area contributed by atoms with E-state index in [4.69, 9.17) is 11.6 Å². The summed E-state index contributed by atoms with van der Waals surface area (Å²) in [4.78, 5) is 11.7. The number of hydrogen-bond acceptors (Lipinski definition) is 2. The van der Waals surface area contributed by atoms with Gasteiger partial charge in [0.15, 0.2) is 0 Å². The average molecular weight is 270 g/mol. The first-order valence-electron chi connectivity index (χ1n) is 6.23. The van der Waals surface area contributed by atoms with Gasteiger partial charge in [-0.1, -0.05) is 37.6 Å². The topological polar surface area (TPSA) is 49.3 Å². The Labute approximate surface area is 113 Å². The molecule has 18 heavy (non-hydrogen) atoms. The van der Waals surface area contributed by atoms with Crippen molar-refractivity contribution >= 4 is 17.6 Å². The van der Waals surface area contributed by atoms with Crippen LogP contribution in [0.4, 0.5) is 0 Å². The van der Waals surface area contributed by atoms with Crippen LogP contribution in [0.15, 0.2) is 24.3 Å². The van der Waals surface area contributed by atoms with Crippen molar-refractivity contribution < 1.29 is 9.90 Å². The monoisotopic (exact) mass is 269 g/mol. The largest absolute Gasteiger partial charge is 0.480 e. The Morgan fingerprint density at radius 3 is 2.33 bits per heavy atom. The van der Waals surface area contributed by atoms with Crippen molar-refractivity contribution in [2.75, 3.05) is 0 Å². The number of carboxylic acid groups (broad SMARTS) is 1. The Balaban J connectivity index is 3.18. The molecule has 0 spiro atoms. The molecule has 0 aliphatic heterocycles. The van der Waals surface area contributed by atoms with E-state index < -0.39 is 11.5 Å². The van der Waals surface area contributed by atoms with Gasteiger partial charge in [-0.15, -0.1) is 0 Å². The molecule has 2 atom stereocenters. The molecule has 4 heteroatoms. The Morgan fingerprint density at radius 2 is 1.94 bits per heavy atom. The predicted molar refractivity (Wildman–Crippen MR) is 73.9 cm³/mol. The molecular weight excluding hydrogens is 250 g/mol. The molecule has 0 saturated carbocycles. The first-order chi connectivity index (χ1) is 8.46. The van der Waals surface area contributed by atoms with Crippen molar-refractivity contribution in [2.45, 2.75) is 45.2 Å². The van der Waals surface area contributed by atoms with Gasteiger partial charge in [0.2, 0.25) is 0 Å². The second kappa shape index (κ2) is 6.21. The lowest BCUT2D eigenvalue weighted by Crippen LogP contribution is -2.52. The molecule has 0 saturated heterocycles. The molecule has 1 aromatic rings. The summed E-state index contributed by atoms with van der Waals surface area (Å²) in [5, 5.41) is 13.4. The van der Waals surface area contributed by atoms with Gasteiger partial charge < -0.3 is 5.11 Å². The lowest BCUT2D eigenvalue weighted by molar-refractivity contribution is -0.146. The Hall–Kier alpha value is -1.06. The third kappa shape index (κ3) is 3.03. The number of aliphatic carboxylic acids is 1. The highest BCUT2D eigenvalue weighted by molar-refractivity contribution is 6.30. The maximum Gasteiger partial charge on any atom is 0.328 e. The van der Waals surface area contributed by atoms with Gasteiger partial charge in [-0.25, -0.2) is 4.79 Å². The average Bonchev–Trinajstić information content (AvgIpc) is 2.36. The van der Waals surface area contributed by atoms with Gasteiger partial charge in [-0.3, -0.25) is 5.32 Å². The van der Waals surface area contributed by atoms with Crippen LogP contribution in [0.2, 0.25) is 5.02 Å². The van der Waals surface area contributed by atoms with Crippen LogP contribution in [0.25, 0.3) is 0 Å². The van der Waals surface area contributed by atoms with Gasteiger partial charge in [0.1, 0.15) is 5.54 Å². The molecule has 0 aliphatic rings. The van der Waals surface area contributed by atoms with Gasteiger partial charge in [-0.2, -0.15) is 0 Å². The van der Waals surface area contributed by atoms with E-state index in [-0.39, 0.29) is 6.04 Å². The summed E-state index contributed by atoms with van der Waals surface area (Å²) < 4.78 is 0. The number of benzene rings is 1. The predicted octanol–water partition coefficient (Wildman–Crippen LogP) is 3.42. The van der Waals surface area contributed by atoms with Crippen LogP contribution in [-0.2, 0) is 10.3 Å². The minimum atomic E-state index is -1.04. The fraction of sp³-hybridized carbons (Fsp3) is 0.500. The fourth-order valence-corrected chi connectivity index (χ4v) is 2.11. The third-order valence-electron chi connectivity index (χ3n) is 3.34. The zero-order chi connectivity index (χ0) is 13.8. The summed E-state index contributed by atoms with van der Waals surface area (Å²) in [7, 11) is 0. The zero-order valence-electron chi connectivity index (χ0n) is 11.0. The summed E-state index contributed by atoms with van der Waals surface area (Å²) in [6.45, 7) is 5.89. The highest BCUT2D eigenvalue weighted by atomic mass is 35.5. The van der Waals surface area contributed by atoms with E-state index in [2.05, 4.69) is 5.32 Å². The minimum absolute atomic E-state index is 0.136. The molecule has 2 N–H and O–H groups in total. The van der Waals surface area contributed by atoms with E-state index in [1.165, 1.54) is 0 Å². The van der Waals surface area contributed by atoms with Crippen LogP contribution in [-0.4, -0.2) is 17.1 Å². The third-order valence-corrected chi connectivity index (χ3v) is 3.59. The van der Waals surface area contributed by atoms with E-state index in [9.17, 15) is 9.90 Å². The minimum Gasteiger partial charge on any atom is -0.480 e. The molecule has 100 valence electrons. The summed E-state index contributed by atoms with van der Waals surface area (Å²) >= 11 is 5.85. The lowest BCUT2D eigenvalue weighted by atomic mass is 9.86. The number of hydrogen-bond donors (Lipinski definition) is 2. The quantitative estimate of drug-likeness (QED) is 0.832. The van der Waals surface area contributed by atoms with Crippen molar-refractivity contribution in [3.05, 3.63) is 34.9 Å². The molecule has 0 heterocycles. The Morgan fingerprint density at radius 1 is 1.39 bits per heavy atom. The van der Waals surface area contributed by atoms with Crippen molar-refractivity contribution in [1.29, 1.82) is 0 Å². The number of halogens is 1. The van der Waals surface area contributed by atoms with Crippen LogP contribution in [0.3, 0.4) is 0 Å².